The third-order valence-electron chi connectivity index (χ3n) is 5.95. The fraction of sp³-hybridized carbons (Fsp3) is 0.241. The van der Waals surface area contributed by atoms with Crippen molar-refractivity contribution < 1.29 is 14.0 Å². The Morgan fingerprint density at radius 3 is 2.33 bits per heavy atom. The third kappa shape index (κ3) is 6.70. The number of benzene rings is 2. The molecule has 0 atom stereocenters. The van der Waals surface area contributed by atoms with E-state index in [2.05, 4.69) is 4.57 Å². The van der Waals surface area contributed by atoms with Crippen molar-refractivity contribution in [2.24, 2.45) is 0 Å². The Morgan fingerprint density at radius 2 is 1.64 bits per heavy atom. The lowest BCUT2D eigenvalue weighted by Crippen LogP contribution is -2.42. The molecule has 0 fully saturated rings. The molecule has 0 spiro atoms. The van der Waals surface area contributed by atoms with Gasteiger partial charge in [0.15, 0.2) is 0 Å². The summed E-state index contributed by atoms with van der Waals surface area (Å²) in [5, 5.41) is 1.87. The molecule has 36 heavy (non-hydrogen) atoms. The molecule has 0 unspecified atom stereocenters. The van der Waals surface area contributed by atoms with E-state index in [1.54, 1.807) is 28.0 Å². The predicted octanol–water partition coefficient (Wildman–Crippen LogP) is 5.82. The Labute approximate surface area is 215 Å². The molecule has 0 aliphatic carbocycles. The molecule has 0 aliphatic rings. The van der Waals surface area contributed by atoms with E-state index in [0.717, 1.165) is 23.2 Å². The average molecular weight is 504 g/mol. The van der Waals surface area contributed by atoms with E-state index in [1.807, 2.05) is 67.0 Å². The fourth-order valence-electron chi connectivity index (χ4n) is 4.11. The Kier molecular flexibility index (Phi) is 8.68. The molecule has 0 radical (unpaired) electrons. The van der Waals surface area contributed by atoms with Crippen LogP contribution in [0.15, 0.2) is 90.4 Å². The normalized spacial score (nSPS) is 10.8. The van der Waals surface area contributed by atoms with E-state index in [4.69, 9.17) is 0 Å². The van der Waals surface area contributed by atoms with Crippen LogP contribution >= 0.6 is 11.3 Å². The van der Waals surface area contributed by atoms with Crippen LogP contribution in [0.3, 0.4) is 0 Å². The molecule has 4 rings (SSSR count). The van der Waals surface area contributed by atoms with Crippen LogP contribution in [0.25, 0.3) is 0 Å². The minimum absolute atomic E-state index is 0.0239. The van der Waals surface area contributed by atoms with Crippen LogP contribution in [0.2, 0.25) is 0 Å². The quantitative estimate of drug-likeness (QED) is 0.259. The maximum atomic E-state index is 13.6. The molecule has 0 aliphatic heterocycles. The van der Waals surface area contributed by atoms with Crippen molar-refractivity contribution >= 4 is 23.2 Å². The standard InChI is InChI=1S/C29H30FN3O2S/c1-2-16-32(29(35)27-11-7-18-36-27)22-28(34)33(20-23-8-4-3-5-9-23)21-26-10-6-17-31(26)19-24-12-14-25(30)15-13-24/h3-15,17-18H,2,16,19-22H2,1H3. The van der Waals surface area contributed by atoms with E-state index in [9.17, 15) is 14.0 Å². The van der Waals surface area contributed by atoms with Gasteiger partial charge in [0.05, 0.1) is 11.4 Å². The van der Waals surface area contributed by atoms with Crippen molar-refractivity contribution in [3.63, 3.8) is 0 Å². The smallest absolute Gasteiger partial charge is 0.264 e. The molecule has 0 bridgehead atoms. The number of thiophene rings is 1. The first kappa shape index (κ1) is 25.4. The van der Waals surface area contributed by atoms with Gasteiger partial charge in [-0.3, -0.25) is 9.59 Å². The fourth-order valence-corrected chi connectivity index (χ4v) is 4.80. The van der Waals surface area contributed by atoms with Crippen molar-refractivity contribution in [3.8, 4) is 0 Å². The van der Waals surface area contributed by atoms with Crippen molar-refractivity contribution in [1.82, 2.24) is 14.4 Å². The zero-order valence-electron chi connectivity index (χ0n) is 20.3. The van der Waals surface area contributed by atoms with Gasteiger partial charge in [-0.1, -0.05) is 55.5 Å². The molecule has 2 aromatic carbocycles. The topological polar surface area (TPSA) is 45.6 Å². The van der Waals surface area contributed by atoms with Gasteiger partial charge in [-0.05, 0) is 53.3 Å². The highest BCUT2D eigenvalue weighted by Gasteiger charge is 2.23. The van der Waals surface area contributed by atoms with Gasteiger partial charge in [0, 0.05) is 31.5 Å². The second-order valence-electron chi connectivity index (χ2n) is 8.69. The summed E-state index contributed by atoms with van der Waals surface area (Å²) in [5.74, 6) is -0.480. The largest absolute Gasteiger partial charge is 0.345 e. The summed E-state index contributed by atoms with van der Waals surface area (Å²) in [4.78, 5) is 30.8. The van der Waals surface area contributed by atoms with E-state index in [-0.39, 0.29) is 24.2 Å². The Bertz CT molecular complexity index is 1250. The SMILES string of the molecule is CCCN(CC(=O)N(Cc1ccccc1)Cc1cccn1Cc1ccc(F)cc1)C(=O)c1cccs1. The molecule has 0 saturated carbocycles. The summed E-state index contributed by atoms with van der Waals surface area (Å²) in [6.07, 6.45) is 2.73. The lowest BCUT2D eigenvalue weighted by molar-refractivity contribution is -0.133. The highest BCUT2D eigenvalue weighted by Crippen LogP contribution is 2.16. The maximum absolute atomic E-state index is 13.6. The monoisotopic (exact) mass is 503 g/mol. The van der Waals surface area contributed by atoms with E-state index >= 15 is 0 Å². The number of amides is 2. The molecule has 2 aromatic heterocycles. The van der Waals surface area contributed by atoms with E-state index < -0.39 is 0 Å². The molecule has 0 saturated heterocycles. The minimum atomic E-state index is -0.264. The number of aromatic nitrogens is 1. The van der Waals surface area contributed by atoms with Gasteiger partial charge in [0.25, 0.3) is 5.91 Å². The lowest BCUT2D eigenvalue weighted by Gasteiger charge is -2.28. The van der Waals surface area contributed by atoms with Crippen LogP contribution < -0.4 is 0 Å². The van der Waals surface area contributed by atoms with Gasteiger partial charge in [0.2, 0.25) is 5.91 Å². The number of halogens is 1. The van der Waals surface area contributed by atoms with Crippen molar-refractivity contribution in [3.05, 3.63) is 118 Å². The first-order valence-electron chi connectivity index (χ1n) is 12.1. The van der Waals surface area contributed by atoms with Crippen LogP contribution in [0.4, 0.5) is 4.39 Å². The van der Waals surface area contributed by atoms with Crippen LogP contribution in [0.5, 0.6) is 0 Å². The highest BCUT2D eigenvalue weighted by molar-refractivity contribution is 7.12. The van der Waals surface area contributed by atoms with Crippen molar-refractivity contribution in [1.29, 1.82) is 0 Å². The van der Waals surface area contributed by atoms with Gasteiger partial charge in [-0.25, -0.2) is 4.39 Å². The Hall–Kier alpha value is -3.71. The van der Waals surface area contributed by atoms with Crippen LogP contribution in [0.1, 0.15) is 39.8 Å². The molecule has 186 valence electrons. The molecular formula is C29H30FN3O2S. The lowest BCUT2D eigenvalue weighted by atomic mass is 10.2. The van der Waals surface area contributed by atoms with Crippen LogP contribution in [0, 0.1) is 5.82 Å². The Balaban J connectivity index is 1.54. The minimum Gasteiger partial charge on any atom is -0.345 e. The summed E-state index contributed by atoms with van der Waals surface area (Å²) < 4.78 is 15.4. The van der Waals surface area contributed by atoms with Gasteiger partial charge < -0.3 is 14.4 Å². The summed E-state index contributed by atoms with van der Waals surface area (Å²) >= 11 is 1.39. The number of hydrogen-bond acceptors (Lipinski definition) is 3. The number of hydrogen-bond donors (Lipinski definition) is 0. The molecular weight excluding hydrogens is 473 g/mol. The van der Waals surface area contributed by atoms with E-state index in [1.165, 1.54) is 23.5 Å². The summed E-state index contributed by atoms with van der Waals surface area (Å²) in [5.41, 5.74) is 2.97. The zero-order valence-corrected chi connectivity index (χ0v) is 21.2. The molecule has 4 aromatic rings. The molecule has 5 nitrogen and oxygen atoms in total. The third-order valence-corrected chi connectivity index (χ3v) is 6.81. The molecule has 7 heteroatoms. The van der Waals surface area contributed by atoms with Crippen LogP contribution in [-0.4, -0.2) is 39.3 Å². The second-order valence-corrected chi connectivity index (χ2v) is 9.64. The molecule has 2 amide bonds. The van der Waals surface area contributed by atoms with Gasteiger partial charge in [0.1, 0.15) is 12.4 Å². The van der Waals surface area contributed by atoms with Gasteiger partial charge >= 0.3 is 0 Å². The van der Waals surface area contributed by atoms with E-state index in [0.29, 0.717) is 31.1 Å². The average Bonchev–Trinajstić information content (AvgIpc) is 3.58. The summed E-state index contributed by atoms with van der Waals surface area (Å²) in [6, 6.07) is 23.9. The van der Waals surface area contributed by atoms with Crippen molar-refractivity contribution in [2.45, 2.75) is 33.0 Å². The highest BCUT2D eigenvalue weighted by atomic mass is 32.1. The molecule has 2 heterocycles. The number of rotatable bonds is 11. The zero-order chi connectivity index (χ0) is 25.3. The number of carbonyl (C=O) groups excluding carboxylic acids is 2. The number of carbonyl (C=O) groups is 2. The predicted molar refractivity (Wildman–Crippen MR) is 141 cm³/mol. The van der Waals surface area contributed by atoms with Gasteiger partial charge in [-0.15, -0.1) is 11.3 Å². The van der Waals surface area contributed by atoms with Gasteiger partial charge in [-0.2, -0.15) is 0 Å². The maximum Gasteiger partial charge on any atom is 0.264 e. The number of nitrogens with zero attached hydrogens (tertiary/aromatic N) is 3. The first-order valence-corrected chi connectivity index (χ1v) is 12.9. The molecule has 0 N–H and O–H groups in total. The first-order chi connectivity index (χ1) is 17.5. The second kappa shape index (κ2) is 12.3. The Morgan fingerprint density at radius 1 is 0.861 bits per heavy atom. The summed E-state index contributed by atoms with van der Waals surface area (Å²) in [6.45, 7) is 3.96. The summed E-state index contributed by atoms with van der Waals surface area (Å²) in [7, 11) is 0. The van der Waals surface area contributed by atoms with Crippen LogP contribution in [-0.2, 0) is 24.4 Å². The van der Waals surface area contributed by atoms with Crippen molar-refractivity contribution in [2.75, 3.05) is 13.1 Å².